The topological polar surface area (TPSA) is 44.8 Å². The van der Waals surface area contributed by atoms with Crippen molar-refractivity contribution in [1.29, 1.82) is 0 Å². The van der Waals surface area contributed by atoms with E-state index in [1.54, 1.807) is 7.11 Å². The Morgan fingerprint density at radius 3 is 2.50 bits per heavy atom. The fourth-order valence-corrected chi connectivity index (χ4v) is 3.27. The summed E-state index contributed by atoms with van der Waals surface area (Å²) in [6, 6.07) is 15.9. The molecule has 0 spiro atoms. The molecular weight excluding hydrogens is 326 g/mol. The minimum atomic E-state index is 0.0254. The summed E-state index contributed by atoms with van der Waals surface area (Å²) in [5.74, 6) is 0.857. The van der Waals surface area contributed by atoms with E-state index in [1.165, 1.54) is 0 Å². The van der Waals surface area contributed by atoms with Crippen molar-refractivity contribution in [2.45, 2.75) is 12.8 Å². The Labute approximate surface area is 155 Å². The van der Waals surface area contributed by atoms with Gasteiger partial charge in [0.2, 0.25) is 5.91 Å². The van der Waals surface area contributed by atoms with Crippen LogP contribution in [-0.4, -0.2) is 51.1 Å². The van der Waals surface area contributed by atoms with Crippen LogP contribution in [0.25, 0.3) is 0 Å². The molecular formula is C21H27N3O2. The molecule has 138 valence electrons. The highest BCUT2D eigenvalue weighted by atomic mass is 16.5. The van der Waals surface area contributed by atoms with Crippen molar-refractivity contribution in [2.24, 2.45) is 0 Å². The first kappa shape index (κ1) is 18.3. The van der Waals surface area contributed by atoms with Gasteiger partial charge < -0.3 is 19.9 Å². The molecule has 0 bridgehead atoms. The first-order valence-corrected chi connectivity index (χ1v) is 9.11. The van der Waals surface area contributed by atoms with Crippen LogP contribution >= 0.6 is 0 Å². The third-order valence-corrected chi connectivity index (χ3v) is 4.84. The molecule has 3 rings (SSSR count). The lowest BCUT2D eigenvalue weighted by Crippen LogP contribution is -2.44. The van der Waals surface area contributed by atoms with Crippen molar-refractivity contribution in [3.05, 3.63) is 54.1 Å². The van der Waals surface area contributed by atoms with Crippen LogP contribution in [0, 0.1) is 0 Å². The Hall–Kier alpha value is -2.53. The predicted octanol–water partition coefficient (Wildman–Crippen LogP) is 3.02. The second-order valence-corrected chi connectivity index (χ2v) is 6.67. The van der Waals surface area contributed by atoms with E-state index in [0.717, 1.165) is 48.9 Å². The fourth-order valence-electron chi connectivity index (χ4n) is 3.27. The van der Waals surface area contributed by atoms with Crippen molar-refractivity contribution in [2.75, 3.05) is 50.6 Å². The molecule has 0 saturated carbocycles. The van der Waals surface area contributed by atoms with Crippen LogP contribution < -0.4 is 15.0 Å². The number of nitrogens with zero attached hydrogens (tertiary/aromatic N) is 2. The molecule has 0 unspecified atom stereocenters. The number of likely N-dealkylation sites (N-methyl/N-ethyl adjacent to an activating group) is 1. The smallest absolute Gasteiger partial charge is 0.224 e. The number of para-hydroxylation sites is 3. The van der Waals surface area contributed by atoms with E-state index in [1.807, 2.05) is 42.5 Å². The van der Waals surface area contributed by atoms with Crippen molar-refractivity contribution in [1.82, 2.24) is 4.90 Å². The van der Waals surface area contributed by atoms with Crippen molar-refractivity contribution in [3.63, 3.8) is 0 Å². The SMILES string of the molecule is COc1ccccc1CCC(=O)Nc1ccccc1N1CCN(C)CC1. The fraction of sp³-hybridized carbons (Fsp3) is 0.381. The lowest BCUT2D eigenvalue weighted by atomic mass is 10.1. The van der Waals surface area contributed by atoms with Crippen LogP contribution in [0.5, 0.6) is 5.75 Å². The average Bonchev–Trinajstić information content (AvgIpc) is 2.68. The van der Waals surface area contributed by atoms with Gasteiger partial charge in [0, 0.05) is 32.6 Å². The summed E-state index contributed by atoms with van der Waals surface area (Å²) in [6.45, 7) is 4.03. The van der Waals surface area contributed by atoms with Crippen molar-refractivity contribution in [3.8, 4) is 5.75 Å². The number of hydrogen-bond acceptors (Lipinski definition) is 4. The van der Waals surface area contributed by atoms with E-state index >= 15 is 0 Å². The highest BCUT2D eigenvalue weighted by molar-refractivity contribution is 5.94. The molecule has 5 nitrogen and oxygen atoms in total. The molecule has 2 aromatic rings. The number of carbonyl (C=O) groups excluding carboxylic acids is 1. The van der Waals surface area contributed by atoms with Crippen LogP contribution in [0.2, 0.25) is 0 Å². The number of rotatable bonds is 6. The van der Waals surface area contributed by atoms with E-state index in [9.17, 15) is 4.79 Å². The second kappa shape index (κ2) is 8.72. The third kappa shape index (κ3) is 4.55. The summed E-state index contributed by atoms with van der Waals surface area (Å²) in [6.07, 6.45) is 1.09. The van der Waals surface area contributed by atoms with E-state index in [2.05, 4.69) is 28.2 Å². The van der Waals surface area contributed by atoms with E-state index in [-0.39, 0.29) is 5.91 Å². The number of ether oxygens (including phenoxy) is 1. The highest BCUT2D eigenvalue weighted by Crippen LogP contribution is 2.27. The molecule has 2 aromatic carbocycles. The molecule has 1 saturated heterocycles. The number of anilines is 2. The first-order chi connectivity index (χ1) is 12.7. The van der Waals surface area contributed by atoms with Crippen LogP contribution in [0.15, 0.2) is 48.5 Å². The Morgan fingerprint density at radius 1 is 1.04 bits per heavy atom. The maximum absolute atomic E-state index is 12.5. The maximum Gasteiger partial charge on any atom is 0.224 e. The normalized spacial score (nSPS) is 14.9. The lowest BCUT2D eigenvalue weighted by molar-refractivity contribution is -0.116. The number of methoxy groups -OCH3 is 1. The summed E-state index contributed by atoms with van der Waals surface area (Å²) in [4.78, 5) is 17.2. The number of benzene rings is 2. The van der Waals surface area contributed by atoms with Crippen LogP contribution in [-0.2, 0) is 11.2 Å². The highest BCUT2D eigenvalue weighted by Gasteiger charge is 2.17. The van der Waals surface area contributed by atoms with Crippen molar-refractivity contribution < 1.29 is 9.53 Å². The second-order valence-electron chi connectivity index (χ2n) is 6.67. The van der Waals surface area contributed by atoms with E-state index in [4.69, 9.17) is 4.74 Å². The predicted molar refractivity (Wildman–Crippen MR) is 106 cm³/mol. The van der Waals surface area contributed by atoms with E-state index < -0.39 is 0 Å². The number of nitrogens with one attached hydrogen (secondary N) is 1. The third-order valence-electron chi connectivity index (χ3n) is 4.84. The van der Waals surface area contributed by atoms with Gasteiger partial charge in [-0.1, -0.05) is 30.3 Å². The lowest BCUT2D eigenvalue weighted by Gasteiger charge is -2.35. The molecule has 0 aliphatic carbocycles. The molecule has 5 heteroatoms. The molecule has 1 aliphatic heterocycles. The van der Waals surface area contributed by atoms with Crippen molar-refractivity contribution >= 4 is 17.3 Å². The van der Waals surface area contributed by atoms with Gasteiger partial charge in [-0.05, 0) is 37.2 Å². The standard InChI is InChI=1S/C21H27N3O2/c1-23-13-15-24(16-14-23)19-9-5-4-8-18(19)22-21(25)12-11-17-7-3-6-10-20(17)26-2/h3-10H,11-16H2,1-2H3,(H,22,25). The number of hydrogen-bond donors (Lipinski definition) is 1. The van der Waals surface area contributed by atoms with Gasteiger partial charge in [-0.15, -0.1) is 0 Å². The summed E-state index contributed by atoms with van der Waals surface area (Å²) >= 11 is 0. The Kier molecular flexibility index (Phi) is 6.12. The minimum absolute atomic E-state index is 0.0254. The molecule has 26 heavy (non-hydrogen) atoms. The zero-order valence-corrected chi connectivity index (χ0v) is 15.6. The van der Waals surface area contributed by atoms with Gasteiger partial charge in [-0.3, -0.25) is 4.79 Å². The molecule has 0 atom stereocenters. The van der Waals surface area contributed by atoms with Crippen LogP contribution in [0.1, 0.15) is 12.0 Å². The van der Waals surface area contributed by atoms with Crippen LogP contribution in [0.3, 0.4) is 0 Å². The number of piperazine rings is 1. The summed E-state index contributed by atoms with van der Waals surface area (Å²) in [5.41, 5.74) is 3.05. The molecule has 0 radical (unpaired) electrons. The van der Waals surface area contributed by atoms with Gasteiger partial charge in [-0.2, -0.15) is 0 Å². The summed E-state index contributed by atoms with van der Waals surface area (Å²) in [7, 11) is 3.80. The van der Waals surface area contributed by atoms with Gasteiger partial charge in [0.15, 0.2) is 0 Å². The summed E-state index contributed by atoms with van der Waals surface area (Å²) in [5, 5.41) is 3.09. The number of carbonyl (C=O) groups is 1. The van der Waals surface area contributed by atoms with Gasteiger partial charge in [-0.25, -0.2) is 0 Å². The molecule has 1 N–H and O–H groups in total. The van der Waals surface area contributed by atoms with Gasteiger partial charge in [0.05, 0.1) is 18.5 Å². The zero-order chi connectivity index (χ0) is 18.4. The Morgan fingerprint density at radius 2 is 1.73 bits per heavy atom. The van der Waals surface area contributed by atoms with Gasteiger partial charge >= 0.3 is 0 Å². The first-order valence-electron chi connectivity index (χ1n) is 9.11. The van der Waals surface area contributed by atoms with Gasteiger partial charge in [0.1, 0.15) is 5.75 Å². The molecule has 1 fully saturated rings. The van der Waals surface area contributed by atoms with E-state index in [0.29, 0.717) is 12.8 Å². The number of aryl methyl sites for hydroxylation is 1. The number of amides is 1. The quantitative estimate of drug-likeness (QED) is 0.867. The molecule has 1 heterocycles. The minimum Gasteiger partial charge on any atom is -0.496 e. The average molecular weight is 353 g/mol. The van der Waals surface area contributed by atoms with Gasteiger partial charge in [0.25, 0.3) is 0 Å². The maximum atomic E-state index is 12.5. The molecule has 1 amide bonds. The Balaban J connectivity index is 1.62. The summed E-state index contributed by atoms with van der Waals surface area (Å²) < 4.78 is 5.36. The monoisotopic (exact) mass is 353 g/mol. The molecule has 1 aliphatic rings. The van der Waals surface area contributed by atoms with Crippen LogP contribution in [0.4, 0.5) is 11.4 Å². The Bertz CT molecular complexity index is 740. The largest absolute Gasteiger partial charge is 0.496 e. The zero-order valence-electron chi connectivity index (χ0n) is 15.6. The molecule has 0 aromatic heterocycles.